The zero-order chi connectivity index (χ0) is 27.5. The second kappa shape index (κ2) is 11.8. The Kier molecular flexibility index (Phi) is 8.23. The maximum atomic E-state index is 11.8. The van der Waals surface area contributed by atoms with Crippen molar-refractivity contribution in [1.29, 1.82) is 0 Å². The standard InChI is InChI=1S/C31H35NO6S/c1-20-12-27(38-26-10-11-32(17-26)39(4)34)13-21(2)31(20)23-7-5-6-22(14-23)18-36-25-8-9-28-24(15-30(33)35-3)19-37-29(28)16-25/h5-9,12-14,16,24,26H,10-11,15,17-19H2,1-4H3/p+1/t24-,26+,39?/m1/s1. The van der Waals surface area contributed by atoms with Crippen molar-refractivity contribution in [2.75, 3.05) is 33.1 Å². The Morgan fingerprint density at radius 3 is 2.59 bits per heavy atom. The van der Waals surface area contributed by atoms with Gasteiger partial charge in [0.05, 0.1) is 26.7 Å². The Labute approximate surface area is 232 Å². The van der Waals surface area contributed by atoms with Crippen molar-refractivity contribution in [3.63, 3.8) is 0 Å². The first-order valence-electron chi connectivity index (χ1n) is 13.3. The number of nitrogens with zero attached hydrogens (tertiary/aromatic N) is 1. The Bertz CT molecular complexity index is 1370. The minimum absolute atomic E-state index is 0.0108. The average molecular weight is 551 g/mol. The van der Waals surface area contributed by atoms with E-state index in [4.69, 9.17) is 18.9 Å². The molecule has 1 saturated heterocycles. The molecule has 3 aromatic carbocycles. The number of methoxy groups -OCH3 is 1. The Morgan fingerprint density at radius 1 is 1.08 bits per heavy atom. The lowest BCUT2D eigenvalue weighted by molar-refractivity contribution is -0.141. The second-order valence-electron chi connectivity index (χ2n) is 10.3. The van der Waals surface area contributed by atoms with E-state index in [0.29, 0.717) is 26.2 Å². The SMILES string of the molecule is COC(=O)C[C@@H]1COc2cc(OCc3cccc(-c4c(C)cc(O[C@H]5CCN([SH+](C)=O)C5)cc4C)c3)ccc21. The van der Waals surface area contributed by atoms with E-state index in [2.05, 4.69) is 50.2 Å². The fourth-order valence-electron chi connectivity index (χ4n) is 5.49. The molecule has 3 atom stereocenters. The van der Waals surface area contributed by atoms with Gasteiger partial charge in [0.15, 0.2) is 0 Å². The van der Waals surface area contributed by atoms with Crippen LogP contribution in [0.15, 0.2) is 54.6 Å². The zero-order valence-electron chi connectivity index (χ0n) is 22.9. The smallest absolute Gasteiger partial charge is 0.306 e. The van der Waals surface area contributed by atoms with Crippen LogP contribution in [-0.2, 0) is 31.3 Å². The number of carbonyl (C=O) groups is 1. The van der Waals surface area contributed by atoms with E-state index in [-0.39, 0.29) is 18.0 Å². The van der Waals surface area contributed by atoms with Crippen LogP contribution in [0.2, 0.25) is 0 Å². The molecule has 0 saturated carbocycles. The molecule has 2 aliphatic heterocycles. The highest BCUT2D eigenvalue weighted by molar-refractivity contribution is 7.81. The number of fused-ring (bicyclic) bond motifs is 1. The highest BCUT2D eigenvalue weighted by Crippen LogP contribution is 2.39. The fourth-order valence-corrected chi connectivity index (χ4v) is 6.30. The van der Waals surface area contributed by atoms with E-state index in [1.54, 1.807) is 6.26 Å². The number of aryl methyl sites for hydroxylation is 2. The summed E-state index contributed by atoms with van der Waals surface area (Å²) in [6, 6.07) is 18.4. The molecule has 1 fully saturated rings. The second-order valence-corrected chi connectivity index (χ2v) is 11.8. The number of benzene rings is 3. The third-order valence-corrected chi connectivity index (χ3v) is 8.62. The molecule has 7 nitrogen and oxygen atoms in total. The van der Waals surface area contributed by atoms with Gasteiger partial charge in [0.25, 0.3) is 0 Å². The first-order valence-corrected chi connectivity index (χ1v) is 15.0. The van der Waals surface area contributed by atoms with Crippen LogP contribution in [0.5, 0.6) is 17.2 Å². The number of thiol groups is 1. The first-order chi connectivity index (χ1) is 18.8. The molecular weight excluding hydrogens is 514 g/mol. The molecule has 0 N–H and O–H groups in total. The monoisotopic (exact) mass is 550 g/mol. The third kappa shape index (κ3) is 6.28. The number of esters is 1. The fraction of sp³-hybridized carbons (Fsp3) is 0.387. The van der Waals surface area contributed by atoms with Gasteiger partial charge in [-0.1, -0.05) is 28.5 Å². The maximum absolute atomic E-state index is 11.8. The van der Waals surface area contributed by atoms with Crippen molar-refractivity contribution < 1.29 is 28.0 Å². The van der Waals surface area contributed by atoms with Gasteiger partial charge in [0.1, 0.15) is 47.2 Å². The molecule has 206 valence electrons. The van der Waals surface area contributed by atoms with E-state index in [9.17, 15) is 9.00 Å². The van der Waals surface area contributed by atoms with Gasteiger partial charge in [-0.05, 0) is 65.9 Å². The summed E-state index contributed by atoms with van der Waals surface area (Å²) in [4.78, 5) is 11.7. The van der Waals surface area contributed by atoms with Crippen LogP contribution in [0.25, 0.3) is 11.1 Å². The molecule has 8 heteroatoms. The highest BCUT2D eigenvalue weighted by Gasteiger charge is 2.30. The molecule has 0 aliphatic carbocycles. The number of ether oxygens (including phenoxy) is 4. The van der Waals surface area contributed by atoms with E-state index in [0.717, 1.165) is 58.0 Å². The van der Waals surface area contributed by atoms with Gasteiger partial charge in [-0.2, -0.15) is 0 Å². The third-order valence-electron chi connectivity index (χ3n) is 7.46. The number of hydrogen-bond donors (Lipinski definition) is 0. The molecule has 3 aromatic rings. The van der Waals surface area contributed by atoms with Gasteiger partial charge >= 0.3 is 5.97 Å². The van der Waals surface area contributed by atoms with Gasteiger partial charge < -0.3 is 18.9 Å². The van der Waals surface area contributed by atoms with Crippen LogP contribution in [0.3, 0.4) is 0 Å². The zero-order valence-corrected chi connectivity index (χ0v) is 23.8. The van der Waals surface area contributed by atoms with Crippen molar-refractivity contribution in [2.24, 2.45) is 0 Å². The predicted molar refractivity (Wildman–Crippen MR) is 153 cm³/mol. The predicted octanol–water partition coefficient (Wildman–Crippen LogP) is 5.28. The summed E-state index contributed by atoms with van der Waals surface area (Å²) < 4.78 is 36.8. The molecule has 0 bridgehead atoms. The lowest BCUT2D eigenvalue weighted by atomic mass is 9.94. The van der Waals surface area contributed by atoms with Gasteiger partial charge in [0.2, 0.25) is 0 Å². The number of rotatable bonds is 9. The topological polar surface area (TPSA) is 74.3 Å². The Hall–Kier alpha value is -3.36. The van der Waals surface area contributed by atoms with Crippen LogP contribution in [-0.4, -0.2) is 49.4 Å². The summed E-state index contributed by atoms with van der Waals surface area (Å²) in [6.07, 6.45) is 3.02. The van der Waals surface area contributed by atoms with Gasteiger partial charge in [-0.25, -0.2) is 0 Å². The minimum Gasteiger partial charge on any atom is -0.492 e. The summed E-state index contributed by atoms with van der Waals surface area (Å²) in [6.45, 7) is 6.64. The Morgan fingerprint density at radius 2 is 1.87 bits per heavy atom. The van der Waals surface area contributed by atoms with E-state index < -0.39 is 11.0 Å². The molecule has 2 aliphatic rings. The first kappa shape index (κ1) is 27.2. The van der Waals surface area contributed by atoms with Crippen LogP contribution in [0.4, 0.5) is 0 Å². The molecule has 39 heavy (non-hydrogen) atoms. The van der Waals surface area contributed by atoms with Gasteiger partial charge in [-0.15, -0.1) is 4.31 Å². The summed E-state index contributed by atoms with van der Waals surface area (Å²) in [5, 5.41) is 0. The van der Waals surface area contributed by atoms with Crippen molar-refractivity contribution in [2.45, 2.75) is 45.3 Å². The van der Waals surface area contributed by atoms with Crippen molar-refractivity contribution in [1.82, 2.24) is 4.31 Å². The van der Waals surface area contributed by atoms with Crippen molar-refractivity contribution in [3.8, 4) is 28.4 Å². The molecule has 2 heterocycles. The van der Waals surface area contributed by atoms with E-state index >= 15 is 0 Å². The summed E-state index contributed by atoms with van der Waals surface area (Å²) in [5.41, 5.74) is 6.70. The van der Waals surface area contributed by atoms with Crippen LogP contribution < -0.4 is 14.2 Å². The van der Waals surface area contributed by atoms with E-state index in [1.165, 1.54) is 12.7 Å². The molecule has 0 radical (unpaired) electrons. The summed E-state index contributed by atoms with van der Waals surface area (Å²) >= 11 is 0. The van der Waals surface area contributed by atoms with Crippen LogP contribution in [0.1, 0.15) is 41.0 Å². The number of carbonyl (C=O) groups excluding carboxylic acids is 1. The molecule has 0 spiro atoms. The molecule has 0 amide bonds. The van der Waals surface area contributed by atoms with E-state index in [1.807, 2.05) is 22.5 Å². The summed E-state index contributed by atoms with van der Waals surface area (Å²) in [7, 11) is 0.0953. The van der Waals surface area contributed by atoms with Gasteiger partial charge in [0, 0.05) is 30.5 Å². The molecular formula is C31H36NO6S+. The van der Waals surface area contributed by atoms with Crippen molar-refractivity contribution in [3.05, 3.63) is 76.9 Å². The van der Waals surface area contributed by atoms with Gasteiger partial charge in [-0.3, -0.25) is 4.79 Å². The molecule has 0 aromatic heterocycles. The normalized spacial score (nSPS) is 19.3. The lowest BCUT2D eigenvalue weighted by Crippen LogP contribution is -2.25. The maximum Gasteiger partial charge on any atom is 0.306 e. The highest BCUT2D eigenvalue weighted by atomic mass is 32.2. The minimum atomic E-state index is -1.31. The average Bonchev–Trinajstić information content (AvgIpc) is 3.54. The largest absolute Gasteiger partial charge is 0.492 e. The molecule has 5 rings (SSSR count). The Balaban J connectivity index is 1.25. The van der Waals surface area contributed by atoms with Crippen LogP contribution in [0, 0.1) is 13.8 Å². The lowest BCUT2D eigenvalue weighted by Gasteiger charge is -2.17. The molecule has 1 unspecified atom stereocenters. The number of hydrogen-bond acceptors (Lipinski definition) is 6. The van der Waals surface area contributed by atoms with Crippen LogP contribution >= 0.6 is 0 Å². The summed E-state index contributed by atoms with van der Waals surface area (Å²) in [5.74, 6) is 2.12. The quantitative estimate of drug-likeness (QED) is 0.205. The van der Waals surface area contributed by atoms with Crippen molar-refractivity contribution >= 4 is 17.0 Å².